The van der Waals surface area contributed by atoms with Gasteiger partial charge in [0.25, 0.3) is 0 Å². The number of halogens is 3. The summed E-state index contributed by atoms with van der Waals surface area (Å²) in [6, 6.07) is 4.71. The second-order valence-electron chi connectivity index (χ2n) is 3.99. The molecule has 2 N–H and O–H groups in total. The molecule has 1 unspecified atom stereocenters. The van der Waals surface area contributed by atoms with Crippen molar-refractivity contribution in [1.29, 1.82) is 0 Å². The third-order valence-corrected chi connectivity index (χ3v) is 2.23. The fourth-order valence-electron chi connectivity index (χ4n) is 1.42. The van der Waals surface area contributed by atoms with Gasteiger partial charge in [-0.25, -0.2) is 0 Å². The second-order valence-corrected chi connectivity index (χ2v) is 3.99. The molecule has 1 rings (SSSR count). The number of hydrogen-bond donors (Lipinski definition) is 1. The molecule has 2 nitrogen and oxygen atoms in total. The largest absolute Gasteiger partial charge is 0.416 e. The highest BCUT2D eigenvalue weighted by Crippen LogP contribution is 2.29. The lowest BCUT2D eigenvalue weighted by molar-refractivity contribution is -0.137. The number of nitrogens with two attached hydrogens (primary N) is 1. The first-order chi connectivity index (χ1) is 7.30. The Morgan fingerprint density at radius 2 is 1.69 bits per heavy atom. The van der Waals surface area contributed by atoms with Gasteiger partial charge >= 0.3 is 6.18 Å². The Kier molecular flexibility index (Phi) is 3.93. The fraction of sp³-hybridized carbons (Fsp3) is 0.455. The molecule has 0 heterocycles. The average molecular weight is 232 g/mol. The summed E-state index contributed by atoms with van der Waals surface area (Å²) < 4.78 is 36.9. The second kappa shape index (κ2) is 4.84. The number of alkyl halides is 3. The van der Waals surface area contributed by atoms with Gasteiger partial charge in [-0.1, -0.05) is 12.1 Å². The van der Waals surface area contributed by atoms with Crippen molar-refractivity contribution in [2.45, 2.75) is 12.2 Å². The molecule has 0 saturated heterocycles. The molecule has 0 saturated carbocycles. The highest BCUT2D eigenvalue weighted by atomic mass is 19.4. The lowest BCUT2D eigenvalue weighted by Crippen LogP contribution is -2.26. The van der Waals surface area contributed by atoms with Crippen molar-refractivity contribution in [3.63, 3.8) is 0 Å². The average Bonchev–Trinajstić information content (AvgIpc) is 2.15. The predicted octanol–water partition coefficient (Wildman–Crippen LogP) is 2.27. The van der Waals surface area contributed by atoms with Crippen molar-refractivity contribution >= 4 is 0 Å². The summed E-state index contributed by atoms with van der Waals surface area (Å²) in [5.74, 6) is 0. The smallest absolute Gasteiger partial charge is 0.323 e. The van der Waals surface area contributed by atoms with Crippen LogP contribution >= 0.6 is 0 Å². The van der Waals surface area contributed by atoms with Crippen LogP contribution < -0.4 is 5.73 Å². The van der Waals surface area contributed by atoms with Crippen molar-refractivity contribution in [3.8, 4) is 0 Å². The van der Waals surface area contributed by atoms with Gasteiger partial charge in [0.2, 0.25) is 0 Å². The van der Waals surface area contributed by atoms with Crippen LogP contribution in [0.1, 0.15) is 17.2 Å². The van der Waals surface area contributed by atoms with Gasteiger partial charge < -0.3 is 10.6 Å². The number of likely N-dealkylation sites (N-methyl/N-ethyl adjacent to an activating group) is 1. The van der Waals surface area contributed by atoms with Gasteiger partial charge in [-0.2, -0.15) is 13.2 Å². The Labute approximate surface area is 92.9 Å². The Balaban J connectivity index is 2.79. The number of rotatable bonds is 3. The van der Waals surface area contributed by atoms with Gasteiger partial charge in [-0.3, -0.25) is 0 Å². The zero-order valence-electron chi connectivity index (χ0n) is 9.25. The molecule has 16 heavy (non-hydrogen) atoms. The molecular formula is C11H15F3N2. The number of hydrogen-bond acceptors (Lipinski definition) is 2. The minimum absolute atomic E-state index is 0.266. The molecule has 0 radical (unpaired) electrons. The first kappa shape index (κ1) is 13.0. The first-order valence-corrected chi connectivity index (χ1v) is 4.88. The Hall–Kier alpha value is -1.07. The van der Waals surface area contributed by atoms with E-state index in [1.165, 1.54) is 12.1 Å². The lowest BCUT2D eigenvalue weighted by Gasteiger charge is -2.17. The molecule has 0 aliphatic rings. The molecule has 5 heteroatoms. The van der Waals surface area contributed by atoms with Crippen molar-refractivity contribution < 1.29 is 13.2 Å². The van der Waals surface area contributed by atoms with Crippen LogP contribution in [0.5, 0.6) is 0 Å². The Bertz CT molecular complexity index is 330. The maximum Gasteiger partial charge on any atom is 0.416 e. The van der Waals surface area contributed by atoms with Crippen LogP contribution in [-0.4, -0.2) is 25.5 Å². The molecule has 0 aliphatic heterocycles. The number of nitrogens with zero attached hydrogens (tertiary/aromatic N) is 1. The monoisotopic (exact) mass is 232 g/mol. The van der Waals surface area contributed by atoms with Crippen LogP contribution in [0.2, 0.25) is 0 Å². The van der Waals surface area contributed by atoms with Gasteiger partial charge in [-0.15, -0.1) is 0 Å². The van der Waals surface area contributed by atoms with Crippen LogP contribution in [0.25, 0.3) is 0 Å². The molecule has 1 atom stereocenters. The first-order valence-electron chi connectivity index (χ1n) is 4.88. The molecule has 90 valence electrons. The topological polar surface area (TPSA) is 29.3 Å². The zero-order valence-corrected chi connectivity index (χ0v) is 9.25. The van der Waals surface area contributed by atoms with Crippen LogP contribution in [0.15, 0.2) is 24.3 Å². The van der Waals surface area contributed by atoms with Crippen molar-refractivity contribution in [2.24, 2.45) is 5.73 Å². The molecule has 1 aromatic rings. The standard InChI is InChI=1S/C11H15F3N2/c1-16(2)7-10(15)8-3-5-9(6-4-8)11(12,13)14/h3-6,10H,7,15H2,1-2H3. The van der Waals surface area contributed by atoms with Crippen LogP contribution in [0.3, 0.4) is 0 Å². The summed E-state index contributed by atoms with van der Waals surface area (Å²) in [4.78, 5) is 1.89. The van der Waals surface area contributed by atoms with Gasteiger partial charge in [0.15, 0.2) is 0 Å². The molecule has 0 spiro atoms. The van der Waals surface area contributed by atoms with Crippen LogP contribution in [-0.2, 0) is 6.18 Å². The lowest BCUT2D eigenvalue weighted by atomic mass is 10.1. The maximum atomic E-state index is 12.3. The van der Waals surface area contributed by atoms with E-state index in [2.05, 4.69) is 0 Å². The highest BCUT2D eigenvalue weighted by Gasteiger charge is 2.30. The predicted molar refractivity (Wildman–Crippen MR) is 56.9 cm³/mol. The van der Waals surface area contributed by atoms with E-state index in [1.807, 2.05) is 19.0 Å². The molecular weight excluding hydrogens is 217 g/mol. The summed E-state index contributed by atoms with van der Waals surface area (Å²) in [6.45, 7) is 0.603. The van der Waals surface area contributed by atoms with E-state index in [0.717, 1.165) is 12.1 Å². The van der Waals surface area contributed by atoms with Crippen LogP contribution in [0, 0.1) is 0 Å². The molecule has 0 amide bonds. The third-order valence-electron chi connectivity index (χ3n) is 2.23. The summed E-state index contributed by atoms with van der Waals surface area (Å²) in [6.07, 6.45) is -4.29. The Morgan fingerprint density at radius 1 is 1.19 bits per heavy atom. The van der Waals surface area contributed by atoms with Gasteiger partial charge in [0.1, 0.15) is 0 Å². The molecule has 1 aromatic carbocycles. The van der Waals surface area contributed by atoms with Crippen molar-refractivity contribution in [2.75, 3.05) is 20.6 Å². The van der Waals surface area contributed by atoms with E-state index < -0.39 is 11.7 Å². The highest BCUT2D eigenvalue weighted by molar-refractivity contribution is 5.26. The van der Waals surface area contributed by atoms with Gasteiger partial charge in [0, 0.05) is 12.6 Å². The quantitative estimate of drug-likeness (QED) is 0.866. The Morgan fingerprint density at radius 3 is 2.06 bits per heavy atom. The summed E-state index contributed by atoms with van der Waals surface area (Å²) >= 11 is 0. The van der Waals surface area contributed by atoms with E-state index in [0.29, 0.717) is 12.1 Å². The molecule has 0 bridgehead atoms. The molecule has 0 fully saturated rings. The summed E-state index contributed by atoms with van der Waals surface area (Å²) in [5, 5.41) is 0. The molecule has 0 aliphatic carbocycles. The summed E-state index contributed by atoms with van der Waals surface area (Å²) in [5.41, 5.74) is 5.90. The minimum Gasteiger partial charge on any atom is -0.323 e. The molecule has 0 aromatic heterocycles. The minimum atomic E-state index is -4.29. The fourth-order valence-corrected chi connectivity index (χ4v) is 1.42. The summed E-state index contributed by atoms with van der Waals surface area (Å²) in [7, 11) is 3.73. The van der Waals surface area contributed by atoms with E-state index >= 15 is 0 Å². The maximum absolute atomic E-state index is 12.3. The van der Waals surface area contributed by atoms with Crippen molar-refractivity contribution in [3.05, 3.63) is 35.4 Å². The van der Waals surface area contributed by atoms with Gasteiger partial charge in [0.05, 0.1) is 5.56 Å². The van der Waals surface area contributed by atoms with E-state index in [9.17, 15) is 13.2 Å². The van der Waals surface area contributed by atoms with Crippen molar-refractivity contribution in [1.82, 2.24) is 4.90 Å². The van der Waals surface area contributed by atoms with E-state index in [-0.39, 0.29) is 6.04 Å². The van der Waals surface area contributed by atoms with E-state index in [4.69, 9.17) is 5.73 Å². The number of benzene rings is 1. The third kappa shape index (κ3) is 3.50. The van der Waals surface area contributed by atoms with Gasteiger partial charge in [-0.05, 0) is 31.8 Å². The zero-order chi connectivity index (χ0) is 12.3. The SMILES string of the molecule is CN(C)CC(N)c1ccc(C(F)(F)F)cc1. The normalized spacial score (nSPS) is 14.2. The van der Waals surface area contributed by atoms with Crippen LogP contribution in [0.4, 0.5) is 13.2 Å². The van der Waals surface area contributed by atoms with E-state index in [1.54, 1.807) is 0 Å².